The Hall–Kier alpha value is -2.51. The van der Waals surface area contributed by atoms with Crippen LogP contribution in [0.5, 0.6) is 0 Å². The molecule has 0 radical (unpaired) electrons. The average Bonchev–Trinajstić information content (AvgIpc) is 3.10. The van der Waals surface area contributed by atoms with E-state index in [9.17, 15) is 18.0 Å². The number of nitrogens with one attached hydrogen (secondary N) is 2. The predicted octanol–water partition coefficient (Wildman–Crippen LogP) is 5.81. The van der Waals surface area contributed by atoms with Crippen LogP contribution >= 0.6 is 23.2 Å². The molecule has 2 aromatic carbocycles. The van der Waals surface area contributed by atoms with Gasteiger partial charge in [0.1, 0.15) is 0 Å². The molecule has 28 heavy (non-hydrogen) atoms. The number of para-hydroxylation sites is 1. The third-order valence-electron chi connectivity index (χ3n) is 4.08. The molecule has 4 nitrogen and oxygen atoms in total. The zero-order valence-corrected chi connectivity index (χ0v) is 16.0. The van der Waals surface area contributed by atoms with Gasteiger partial charge in [-0.2, -0.15) is 18.3 Å². The molecule has 0 spiro atoms. The van der Waals surface area contributed by atoms with Crippen LogP contribution in [0.2, 0.25) is 0 Å². The molecule has 1 aromatic heterocycles. The van der Waals surface area contributed by atoms with E-state index in [2.05, 4.69) is 15.5 Å². The van der Waals surface area contributed by atoms with Gasteiger partial charge in [0.25, 0.3) is 5.91 Å². The van der Waals surface area contributed by atoms with Gasteiger partial charge in [0.15, 0.2) is 4.84 Å². The fourth-order valence-corrected chi connectivity index (χ4v) is 2.96. The molecule has 2 N–H and O–H groups in total. The summed E-state index contributed by atoms with van der Waals surface area (Å²) < 4.78 is 40.3. The van der Waals surface area contributed by atoms with Crippen LogP contribution in [0.3, 0.4) is 0 Å². The van der Waals surface area contributed by atoms with Crippen molar-refractivity contribution in [2.75, 3.05) is 5.32 Å². The minimum atomic E-state index is -4.51. The largest absolute Gasteiger partial charge is 0.417 e. The predicted molar refractivity (Wildman–Crippen MR) is 103 cm³/mol. The smallest absolute Gasteiger partial charge is 0.323 e. The van der Waals surface area contributed by atoms with Gasteiger partial charge in [-0.25, -0.2) is 0 Å². The SMILES string of the molecule is Cc1cccc(C(F)(F)F)c1-c1cc(-c2ccccc2NC(=O)C(Cl)Cl)n[nH]1. The summed E-state index contributed by atoms with van der Waals surface area (Å²) in [4.78, 5) is 10.5. The summed E-state index contributed by atoms with van der Waals surface area (Å²) in [5.41, 5.74) is 1.20. The number of H-pyrrole nitrogens is 1. The molecular formula is C19H14Cl2F3N3O. The summed E-state index contributed by atoms with van der Waals surface area (Å²) in [6.45, 7) is 1.60. The third kappa shape index (κ3) is 4.15. The van der Waals surface area contributed by atoms with Crippen LogP contribution in [0.15, 0.2) is 48.5 Å². The van der Waals surface area contributed by atoms with Crippen LogP contribution in [0.25, 0.3) is 22.5 Å². The van der Waals surface area contributed by atoms with Gasteiger partial charge in [-0.15, -0.1) is 0 Å². The van der Waals surface area contributed by atoms with Crippen LogP contribution < -0.4 is 5.32 Å². The van der Waals surface area contributed by atoms with E-state index in [-0.39, 0.29) is 11.3 Å². The number of hydrogen-bond acceptors (Lipinski definition) is 2. The summed E-state index contributed by atoms with van der Waals surface area (Å²) in [5.74, 6) is -0.621. The quantitative estimate of drug-likeness (QED) is 0.515. The second-order valence-corrected chi connectivity index (χ2v) is 7.09. The summed E-state index contributed by atoms with van der Waals surface area (Å²) in [6.07, 6.45) is -4.51. The van der Waals surface area contributed by atoms with Crippen LogP contribution in [-0.2, 0) is 11.0 Å². The Bertz CT molecular complexity index is 1020. The lowest BCUT2D eigenvalue weighted by atomic mass is 9.98. The minimum Gasteiger partial charge on any atom is -0.323 e. The zero-order chi connectivity index (χ0) is 20.5. The first-order chi connectivity index (χ1) is 13.2. The standard InChI is InChI=1S/C19H14Cl2F3N3O/c1-10-5-4-7-12(19(22,23)24)16(10)15-9-14(26-27-15)11-6-2-3-8-13(11)25-18(28)17(20)21/h2-9,17H,1H3,(H,25,28)(H,26,27). The molecule has 1 heterocycles. The summed E-state index contributed by atoms with van der Waals surface area (Å²) >= 11 is 11.1. The molecule has 0 saturated carbocycles. The van der Waals surface area contributed by atoms with Crippen LogP contribution in [0.4, 0.5) is 18.9 Å². The number of nitrogens with zero attached hydrogens (tertiary/aromatic N) is 1. The molecule has 0 fully saturated rings. The molecule has 146 valence electrons. The lowest BCUT2D eigenvalue weighted by Crippen LogP contribution is -2.18. The molecule has 3 aromatic rings. The Labute approximate surface area is 168 Å². The molecule has 0 bridgehead atoms. The highest BCUT2D eigenvalue weighted by molar-refractivity contribution is 6.54. The monoisotopic (exact) mass is 427 g/mol. The topological polar surface area (TPSA) is 57.8 Å². The van der Waals surface area contributed by atoms with Gasteiger partial charge >= 0.3 is 6.18 Å². The first kappa shape index (κ1) is 20.2. The van der Waals surface area contributed by atoms with Gasteiger partial charge in [0.05, 0.1) is 22.6 Å². The number of aromatic amines is 1. The number of alkyl halides is 5. The highest BCUT2D eigenvalue weighted by Gasteiger charge is 2.34. The van der Waals surface area contributed by atoms with Crippen molar-refractivity contribution in [2.45, 2.75) is 17.9 Å². The molecule has 0 atom stereocenters. The van der Waals surface area contributed by atoms with Gasteiger partial charge in [-0.05, 0) is 30.7 Å². The minimum absolute atomic E-state index is 0.0249. The summed E-state index contributed by atoms with van der Waals surface area (Å²) in [7, 11) is 0. The average molecular weight is 428 g/mol. The van der Waals surface area contributed by atoms with E-state index in [1.165, 1.54) is 12.1 Å². The number of rotatable bonds is 4. The first-order valence-electron chi connectivity index (χ1n) is 8.09. The van der Waals surface area contributed by atoms with E-state index in [1.807, 2.05) is 0 Å². The van der Waals surface area contributed by atoms with Crippen molar-refractivity contribution in [1.82, 2.24) is 10.2 Å². The normalized spacial score (nSPS) is 11.7. The van der Waals surface area contributed by atoms with Crippen LogP contribution in [-0.4, -0.2) is 20.9 Å². The van der Waals surface area contributed by atoms with E-state index in [0.717, 1.165) is 6.07 Å². The zero-order valence-electron chi connectivity index (χ0n) is 14.4. The van der Waals surface area contributed by atoms with Crippen molar-refractivity contribution in [3.63, 3.8) is 0 Å². The summed E-state index contributed by atoms with van der Waals surface area (Å²) in [6, 6.07) is 12.2. The highest BCUT2D eigenvalue weighted by atomic mass is 35.5. The number of aromatic nitrogens is 2. The lowest BCUT2D eigenvalue weighted by molar-refractivity contribution is -0.137. The number of aryl methyl sites for hydroxylation is 1. The Balaban J connectivity index is 2.05. The second-order valence-electron chi connectivity index (χ2n) is 6.00. The Morgan fingerprint density at radius 2 is 1.86 bits per heavy atom. The van der Waals surface area contributed by atoms with Crippen molar-refractivity contribution >= 4 is 34.8 Å². The van der Waals surface area contributed by atoms with Gasteiger partial charge in [-0.1, -0.05) is 53.5 Å². The third-order valence-corrected chi connectivity index (χ3v) is 4.48. The molecule has 0 saturated heterocycles. The molecule has 9 heteroatoms. The molecule has 0 aliphatic rings. The van der Waals surface area contributed by atoms with Crippen molar-refractivity contribution in [3.05, 3.63) is 59.7 Å². The Kier molecular flexibility index (Phi) is 5.67. The van der Waals surface area contributed by atoms with E-state index < -0.39 is 22.5 Å². The van der Waals surface area contributed by atoms with Gasteiger partial charge < -0.3 is 5.32 Å². The molecule has 1 amide bonds. The van der Waals surface area contributed by atoms with Crippen LogP contribution in [0.1, 0.15) is 11.1 Å². The molecule has 3 rings (SSSR count). The molecule has 0 unspecified atom stereocenters. The molecular weight excluding hydrogens is 414 g/mol. The number of benzene rings is 2. The number of hydrogen-bond donors (Lipinski definition) is 2. The van der Waals surface area contributed by atoms with Crippen LogP contribution in [0, 0.1) is 6.92 Å². The second kappa shape index (κ2) is 7.85. The molecule has 0 aliphatic carbocycles. The first-order valence-corrected chi connectivity index (χ1v) is 8.96. The maximum Gasteiger partial charge on any atom is 0.417 e. The number of anilines is 1. The van der Waals surface area contributed by atoms with E-state index in [1.54, 1.807) is 37.3 Å². The lowest BCUT2D eigenvalue weighted by Gasteiger charge is -2.13. The fraction of sp³-hybridized carbons (Fsp3) is 0.158. The Morgan fingerprint density at radius 1 is 1.14 bits per heavy atom. The number of amides is 1. The van der Waals surface area contributed by atoms with Crippen molar-refractivity contribution in [2.24, 2.45) is 0 Å². The summed E-state index contributed by atoms with van der Waals surface area (Å²) in [5, 5.41) is 9.36. The maximum absolute atomic E-state index is 13.4. The van der Waals surface area contributed by atoms with Gasteiger partial charge in [0, 0.05) is 11.1 Å². The van der Waals surface area contributed by atoms with E-state index in [0.29, 0.717) is 22.5 Å². The van der Waals surface area contributed by atoms with Crippen molar-refractivity contribution < 1.29 is 18.0 Å². The number of halogens is 5. The molecule has 0 aliphatic heterocycles. The van der Waals surface area contributed by atoms with E-state index >= 15 is 0 Å². The Morgan fingerprint density at radius 3 is 2.54 bits per heavy atom. The van der Waals surface area contributed by atoms with Crippen molar-refractivity contribution in [1.29, 1.82) is 0 Å². The fourth-order valence-electron chi connectivity index (χ4n) is 2.85. The van der Waals surface area contributed by atoms with Gasteiger partial charge in [-0.3, -0.25) is 9.89 Å². The number of carbonyl (C=O) groups excluding carboxylic acids is 1. The van der Waals surface area contributed by atoms with E-state index in [4.69, 9.17) is 23.2 Å². The highest BCUT2D eigenvalue weighted by Crippen LogP contribution is 2.39. The number of carbonyl (C=O) groups is 1. The maximum atomic E-state index is 13.4. The van der Waals surface area contributed by atoms with Gasteiger partial charge in [0.2, 0.25) is 0 Å². The van der Waals surface area contributed by atoms with Crippen molar-refractivity contribution in [3.8, 4) is 22.5 Å².